The van der Waals surface area contributed by atoms with Crippen molar-refractivity contribution < 1.29 is 14.7 Å². The van der Waals surface area contributed by atoms with Crippen LogP contribution in [0.5, 0.6) is 0 Å². The molecule has 126 valence electrons. The van der Waals surface area contributed by atoms with E-state index >= 15 is 0 Å². The molecule has 0 unspecified atom stereocenters. The monoisotopic (exact) mass is 319 g/mol. The van der Waals surface area contributed by atoms with Crippen LogP contribution in [0.3, 0.4) is 0 Å². The van der Waals surface area contributed by atoms with Crippen LogP contribution in [0.25, 0.3) is 0 Å². The highest BCUT2D eigenvalue weighted by Gasteiger charge is 2.26. The van der Waals surface area contributed by atoms with E-state index in [0.717, 1.165) is 29.8 Å². The van der Waals surface area contributed by atoms with Gasteiger partial charge in [-0.25, -0.2) is 4.79 Å². The summed E-state index contributed by atoms with van der Waals surface area (Å²) >= 11 is 0. The Bertz CT molecular complexity index is 578. The minimum absolute atomic E-state index is 0.160. The number of amides is 2. The summed E-state index contributed by atoms with van der Waals surface area (Å²) in [5, 5.41) is 15.4. The van der Waals surface area contributed by atoms with Gasteiger partial charge in [0.2, 0.25) is 0 Å². The predicted molar refractivity (Wildman–Crippen MR) is 90.9 cm³/mol. The van der Waals surface area contributed by atoms with Gasteiger partial charge in [0.05, 0.1) is 5.92 Å². The van der Waals surface area contributed by atoms with E-state index in [9.17, 15) is 9.59 Å². The quantitative estimate of drug-likeness (QED) is 0.796. The largest absolute Gasteiger partial charge is 0.481 e. The Labute approximate surface area is 136 Å². The van der Waals surface area contributed by atoms with Gasteiger partial charge in [-0.3, -0.25) is 4.79 Å². The molecule has 0 aliphatic heterocycles. The zero-order valence-electron chi connectivity index (χ0n) is 13.9. The van der Waals surface area contributed by atoms with E-state index in [2.05, 4.69) is 10.6 Å². The molecule has 0 atom stereocenters. The molecule has 2 amide bonds. The smallest absolute Gasteiger partial charge is 0.321 e. The molecular formula is C17H25N3O3. The lowest BCUT2D eigenvalue weighted by Crippen LogP contribution is -2.30. The fourth-order valence-corrected chi connectivity index (χ4v) is 2.86. The molecule has 6 nitrogen and oxygen atoms in total. The first kappa shape index (κ1) is 17.1. The minimum Gasteiger partial charge on any atom is -0.481 e. The maximum atomic E-state index is 11.8. The third-order valence-corrected chi connectivity index (χ3v) is 4.42. The number of carboxylic acid groups (broad SMARTS) is 1. The van der Waals surface area contributed by atoms with Gasteiger partial charge < -0.3 is 20.6 Å². The number of aliphatic carboxylic acids is 1. The Balaban J connectivity index is 2.01. The number of anilines is 2. The number of carbonyl (C=O) groups is 2. The molecule has 0 heterocycles. The molecule has 1 aliphatic rings. The predicted octanol–water partition coefficient (Wildman–Crippen LogP) is 3.14. The van der Waals surface area contributed by atoms with Crippen molar-refractivity contribution in [3.63, 3.8) is 0 Å². The Morgan fingerprint density at radius 1 is 1.13 bits per heavy atom. The SMILES string of the molecule is Cc1c(NC(=O)N(C)C)cccc1NC1CCC(C(=O)O)CC1. The Hall–Kier alpha value is -2.24. The van der Waals surface area contributed by atoms with Gasteiger partial charge in [-0.2, -0.15) is 0 Å². The second kappa shape index (κ2) is 7.35. The minimum atomic E-state index is -0.687. The van der Waals surface area contributed by atoms with Crippen molar-refractivity contribution in [1.29, 1.82) is 0 Å². The summed E-state index contributed by atoms with van der Waals surface area (Å²) in [4.78, 5) is 24.3. The molecule has 1 aliphatic carbocycles. The highest BCUT2D eigenvalue weighted by molar-refractivity contribution is 5.90. The van der Waals surface area contributed by atoms with E-state index in [1.54, 1.807) is 14.1 Å². The van der Waals surface area contributed by atoms with Crippen LogP contribution in [0.1, 0.15) is 31.2 Å². The molecule has 3 N–H and O–H groups in total. The fraction of sp³-hybridized carbons (Fsp3) is 0.529. The number of hydrogen-bond donors (Lipinski definition) is 3. The molecule has 23 heavy (non-hydrogen) atoms. The van der Waals surface area contributed by atoms with Crippen molar-refractivity contribution in [3.8, 4) is 0 Å². The summed E-state index contributed by atoms with van der Waals surface area (Å²) in [5.74, 6) is -0.895. The molecule has 1 aromatic carbocycles. The topological polar surface area (TPSA) is 81.7 Å². The van der Waals surface area contributed by atoms with Crippen LogP contribution in [0.4, 0.5) is 16.2 Å². The van der Waals surface area contributed by atoms with Gasteiger partial charge in [-0.05, 0) is 50.3 Å². The molecule has 0 aromatic heterocycles. The van der Waals surface area contributed by atoms with E-state index in [4.69, 9.17) is 5.11 Å². The molecular weight excluding hydrogens is 294 g/mol. The van der Waals surface area contributed by atoms with Crippen molar-refractivity contribution in [1.82, 2.24) is 4.90 Å². The van der Waals surface area contributed by atoms with Crippen molar-refractivity contribution in [2.45, 2.75) is 38.6 Å². The number of hydrogen-bond acceptors (Lipinski definition) is 3. The second-order valence-electron chi connectivity index (χ2n) is 6.33. The number of carboxylic acids is 1. The summed E-state index contributed by atoms with van der Waals surface area (Å²) in [5.41, 5.74) is 2.76. The van der Waals surface area contributed by atoms with Crippen LogP contribution < -0.4 is 10.6 Å². The van der Waals surface area contributed by atoms with Gasteiger partial charge in [-0.1, -0.05) is 6.07 Å². The lowest BCUT2D eigenvalue weighted by Gasteiger charge is -2.28. The molecule has 1 saturated carbocycles. The van der Waals surface area contributed by atoms with Crippen molar-refractivity contribution >= 4 is 23.4 Å². The second-order valence-corrected chi connectivity index (χ2v) is 6.33. The summed E-state index contributed by atoms with van der Waals surface area (Å²) in [6, 6.07) is 5.90. The van der Waals surface area contributed by atoms with E-state index in [-0.39, 0.29) is 18.0 Å². The normalized spacial score (nSPS) is 20.7. The third kappa shape index (κ3) is 4.37. The first-order valence-electron chi connectivity index (χ1n) is 7.95. The van der Waals surface area contributed by atoms with Crippen molar-refractivity contribution in [3.05, 3.63) is 23.8 Å². The number of carbonyl (C=O) groups excluding carboxylic acids is 1. The van der Waals surface area contributed by atoms with Gasteiger partial charge in [0.25, 0.3) is 0 Å². The Kier molecular flexibility index (Phi) is 5.47. The van der Waals surface area contributed by atoms with Crippen molar-refractivity contribution in [2.24, 2.45) is 5.92 Å². The highest BCUT2D eigenvalue weighted by Crippen LogP contribution is 2.29. The molecule has 0 saturated heterocycles. The zero-order valence-corrected chi connectivity index (χ0v) is 13.9. The molecule has 6 heteroatoms. The van der Waals surface area contributed by atoms with Crippen LogP contribution in [0.15, 0.2) is 18.2 Å². The van der Waals surface area contributed by atoms with Gasteiger partial charge in [-0.15, -0.1) is 0 Å². The van der Waals surface area contributed by atoms with E-state index < -0.39 is 5.97 Å². The molecule has 0 bridgehead atoms. The van der Waals surface area contributed by atoms with Gasteiger partial charge in [0.15, 0.2) is 0 Å². The van der Waals surface area contributed by atoms with Crippen LogP contribution in [0, 0.1) is 12.8 Å². The Morgan fingerprint density at radius 2 is 1.74 bits per heavy atom. The van der Waals surface area contributed by atoms with E-state index in [1.807, 2.05) is 25.1 Å². The summed E-state index contributed by atoms with van der Waals surface area (Å²) < 4.78 is 0. The average molecular weight is 319 g/mol. The maximum Gasteiger partial charge on any atom is 0.321 e. The van der Waals surface area contributed by atoms with E-state index in [1.165, 1.54) is 4.90 Å². The fourth-order valence-electron chi connectivity index (χ4n) is 2.86. The number of urea groups is 1. The molecule has 0 radical (unpaired) electrons. The zero-order chi connectivity index (χ0) is 17.0. The lowest BCUT2D eigenvalue weighted by atomic mass is 9.86. The molecule has 1 aromatic rings. The van der Waals surface area contributed by atoms with Gasteiger partial charge >= 0.3 is 12.0 Å². The average Bonchev–Trinajstić information content (AvgIpc) is 2.51. The number of nitrogens with zero attached hydrogens (tertiary/aromatic N) is 1. The summed E-state index contributed by atoms with van der Waals surface area (Å²) in [7, 11) is 3.40. The lowest BCUT2D eigenvalue weighted by molar-refractivity contribution is -0.142. The third-order valence-electron chi connectivity index (χ3n) is 4.42. The first-order chi connectivity index (χ1) is 10.9. The van der Waals surface area contributed by atoms with Crippen LogP contribution >= 0.6 is 0 Å². The standard InChI is InChI=1S/C17H25N3O3/c1-11-14(5-4-6-15(11)19-17(23)20(2)3)18-13-9-7-12(8-10-13)16(21)22/h4-6,12-13,18H,7-10H2,1-3H3,(H,19,23)(H,21,22). The molecule has 0 spiro atoms. The number of rotatable bonds is 4. The van der Waals surface area contributed by atoms with Gasteiger partial charge in [0.1, 0.15) is 0 Å². The van der Waals surface area contributed by atoms with E-state index in [0.29, 0.717) is 12.8 Å². The van der Waals surface area contributed by atoms with Crippen molar-refractivity contribution in [2.75, 3.05) is 24.7 Å². The Morgan fingerprint density at radius 3 is 2.30 bits per heavy atom. The number of nitrogens with one attached hydrogen (secondary N) is 2. The van der Waals surface area contributed by atoms with Crippen LogP contribution in [0.2, 0.25) is 0 Å². The molecule has 1 fully saturated rings. The molecule has 2 rings (SSSR count). The highest BCUT2D eigenvalue weighted by atomic mass is 16.4. The summed E-state index contributed by atoms with van der Waals surface area (Å²) in [6.45, 7) is 1.97. The number of benzene rings is 1. The first-order valence-corrected chi connectivity index (χ1v) is 7.95. The van der Waals surface area contributed by atoms with Gasteiger partial charge in [0, 0.05) is 31.5 Å². The maximum absolute atomic E-state index is 11.8. The van der Waals surface area contributed by atoms with Crippen LogP contribution in [-0.2, 0) is 4.79 Å². The van der Waals surface area contributed by atoms with Crippen LogP contribution in [-0.4, -0.2) is 42.1 Å². The summed E-state index contributed by atoms with van der Waals surface area (Å²) in [6.07, 6.45) is 3.13.